The van der Waals surface area contributed by atoms with E-state index < -0.39 is 0 Å². The van der Waals surface area contributed by atoms with Gasteiger partial charge in [0.25, 0.3) is 0 Å². The number of nitriles is 1. The molecule has 0 fully saturated rings. The van der Waals surface area contributed by atoms with Crippen LogP contribution < -0.4 is 0 Å². The molecule has 0 aliphatic rings. The van der Waals surface area contributed by atoms with Crippen LogP contribution in [0.5, 0.6) is 0 Å². The Labute approximate surface area is 104 Å². The van der Waals surface area contributed by atoms with Crippen LogP contribution in [0.2, 0.25) is 0 Å². The molecular weight excluding hydrogens is 208 g/mol. The first-order valence-electron chi connectivity index (χ1n) is 6.10. The third kappa shape index (κ3) is 3.10. The number of nitrogens with zero attached hydrogens (tertiary/aromatic N) is 1. The van der Waals surface area contributed by atoms with E-state index in [0.717, 1.165) is 29.8 Å². The third-order valence-corrected chi connectivity index (χ3v) is 3.00. The average molecular weight is 228 g/mol. The Balaban J connectivity index is 3.16. The van der Waals surface area contributed by atoms with Crippen LogP contribution >= 0.6 is 0 Å². The molecule has 0 aliphatic carbocycles. The van der Waals surface area contributed by atoms with E-state index in [1.54, 1.807) is 0 Å². The molecule has 1 heterocycles. The monoisotopic (exact) mass is 228 g/mol. The first-order chi connectivity index (χ1) is 8.13. The topological polar surface area (TPSA) is 39.6 Å². The summed E-state index contributed by atoms with van der Waals surface area (Å²) >= 11 is 0. The highest BCUT2D eigenvalue weighted by atomic mass is 14.7. The highest BCUT2D eigenvalue weighted by molar-refractivity contribution is 5.64. The third-order valence-electron chi connectivity index (χ3n) is 3.00. The summed E-state index contributed by atoms with van der Waals surface area (Å²) in [7, 11) is 0. The Morgan fingerprint density at radius 3 is 2.41 bits per heavy atom. The molecule has 0 unspecified atom stereocenters. The predicted octanol–water partition coefficient (Wildman–Crippen LogP) is 4.37. The molecule has 0 atom stereocenters. The van der Waals surface area contributed by atoms with Crippen molar-refractivity contribution in [2.45, 2.75) is 40.5 Å². The van der Waals surface area contributed by atoms with Crippen molar-refractivity contribution in [3.8, 4) is 6.07 Å². The summed E-state index contributed by atoms with van der Waals surface area (Å²) in [6.07, 6.45) is 8.00. The van der Waals surface area contributed by atoms with Crippen LogP contribution in [0, 0.1) is 25.2 Å². The second-order valence-electron chi connectivity index (χ2n) is 4.15. The molecule has 0 saturated carbocycles. The molecule has 0 radical (unpaired) electrons. The van der Waals surface area contributed by atoms with Crippen LogP contribution in [0.1, 0.15) is 49.2 Å². The van der Waals surface area contributed by atoms with Gasteiger partial charge in [0.15, 0.2) is 0 Å². The van der Waals surface area contributed by atoms with Crippen LogP contribution in [0.3, 0.4) is 0 Å². The van der Waals surface area contributed by atoms with Crippen LogP contribution in [-0.2, 0) is 0 Å². The Morgan fingerprint density at radius 1 is 1.24 bits per heavy atom. The van der Waals surface area contributed by atoms with Gasteiger partial charge in [0, 0.05) is 17.0 Å². The fourth-order valence-corrected chi connectivity index (χ4v) is 1.67. The molecule has 90 valence electrons. The zero-order valence-corrected chi connectivity index (χ0v) is 11.1. The standard InChI is InChI=1S/C15H20N2/c1-5-7-8-14-11(3)12(4)15(17-14)9-13(6-2)10-16/h7-9,17H,5-6H2,1-4H3/b8-7-,13-9+. The van der Waals surface area contributed by atoms with Gasteiger partial charge in [-0.05, 0) is 50.0 Å². The van der Waals surface area contributed by atoms with Gasteiger partial charge in [-0.3, -0.25) is 0 Å². The second kappa shape index (κ2) is 6.10. The summed E-state index contributed by atoms with van der Waals surface area (Å²) < 4.78 is 0. The minimum atomic E-state index is 0.772. The molecule has 1 N–H and O–H groups in total. The quantitative estimate of drug-likeness (QED) is 0.763. The van der Waals surface area contributed by atoms with E-state index in [1.165, 1.54) is 11.1 Å². The molecule has 0 saturated heterocycles. The van der Waals surface area contributed by atoms with Crippen LogP contribution in [0.25, 0.3) is 12.2 Å². The summed E-state index contributed by atoms with van der Waals surface area (Å²) in [6.45, 7) is 8.31. The number of nitrogens with one attached hydrogen (secondary N) is 1. The van der Waals surface area contributed by atoms with Crippen molar-refractivity contribution in [3.63, 3.8) is 0 Å². The summed E-state index contributed by atoms with van der Waals surface area (Å²) in [5.74, 6) is 0. The largest absolute Gasteiger partial charge is 0.355 e. The second-order valence-corrected chi connectivity index (χ2v) is 4.15. The van der Waals surface area contributed by atoms with Gasteiger partial charge in [-0.15, -0.1) is 0 Å². The number of hydrogen-bond acceptors (Lipinski definition) is 1. The van der Waals surface area contributed by atoms with Gasteiger partial charge in [0.05, 0.1) is 6.07 Å². The number of hydrogen-bond donors (Lipinski definition) is 1. The lowest BCUT2D eigenvalue weighted by Gasteiger charge is -1.94. The number of aromatic amines is 1. The van der Waals surface area contributed by atoms with Crippen molar-refractivity contribution >= 4 is 12.2 Å². The van der Waals surface area contributed by atoms with E-state index in [2.05, 4.69) is 44.0 Å². The van der Waals surface area contributed by atoms with Crippen LogP contribution in [0.15, 0.2) is 11.6 Å². The van der Waals surface area contributed by atoms with Gasteiger partial charge in [-0.1, -0.05) is 19.9 Å². The van der Waals surface area contributed by atoms with Gasteiger partial charge < -0.3 is 4.98 Å². The van der Waals surface area contributed by atoms with Gasteiger partial charge in [-0.25, -0.2) is 0 Å². The smallest absolute Gasteiger partial charge is 0.0947 e. The van der Waals surface area contributed by atoms with Crippen molar-refractivity contribution in [3.05, 3.63) is 34.2 Å². The van der Waals surface area contributed by atoms with Crippen molar-refractivity contribution in [2.24, 2.45) is 0 Å². The predicted molar refractivity (Wildman–Crippen MR) is 73.5 cm³/mol. The lowest BCUT2D eigenvalue weighted by molar-refractivity contribution is 1.16. The molecule has 0 aliphatic heterocycles. The lowest BCUT2D eigenvalue weighted by Crippen LogP contribution is -1.80. The Hall–Kier alpha value is -1.75. The molecule has 1 rings (SSSR count). The molecule has 2 nitrogen and oxygen atoms in total. The van der Waals surface area contributed by atoms with E-state index in [9.17, 15) is 0 Å². The van der Waals surface area contributed by atoms with E-state index >= 15 is 0 Å². The van der Waals surface area contributed by atoms with Crippen molar-refractivity contribution in [1.82, 2.24) is 4.98 Å². The minimum absolute atomic E-state index is 0.772. The molecule has 17 heavy (non-hydrogen) atoms. The first-order valence-corrected chi connectivity index (χ1v) is 6.10. The van der Waals surface area contributed by atoms with Crippen molar-refractivity contribution in [1.29, 1.82) is 5.26 Å². The van der Waals surface area contributed by atoms with E-state index in [-0.39, 0.29) is 0 Å². The fourth-order valence-electron chi connectivity index (χ4n) is 1.67. The molecular formula is C15H20N2. The maximum Gasteiger partial charge on any atom is 0.0947 e. The highest BCUT2D eigenvalue weighted by Gasteiger charge is 2.07. The minimum Gasteiger partial charge on any atom is -0.355 e. The Bertz CT molecular complexity index is 482. The number of allylic oxidation sites excluding steroid dienone is 2. The summed E-state index contributed by atoms with van der Waals surface area (Å²) in [6, 6.07) is 2.22. The Kier molecular flexibility index (Phi) is 4.78. The van der Waals surface area contributed by atoms with Gasteiger partial charge in [-0.2, -0.15) is 5.26 Å². The van der Waals surface area contributed by atoms with Gasteiger partial charge >= 0.3 is 0 Å². The van der Waals surface area contributed by atoms with E-state index in [0.29, 0.717) is 0 Å². The summed E-state index contributed by atoms with van der Waals surface area (Å²) in [4.78, 5) is 3.37. The number of H-pyrrole nitrogens is 1. The van der Waals surface area contributed by atoms with E-state index in [4.69, 9.17) is 5.26 Å². The molecule has 1 aromatic rings. The molecule has 0 spiro atoms. The fraction of sp³-hybridized carbons (Fsp3) is 0.400. The molecule has 0 aromatic carbocycles. The normalized spacial score (nSPS) is 12.1. The highest BCUT2D eigenvalue weighted by Crippen LogP contribution is 2.21. The van der Waals surface area contributed by atoms with E-state index in [1.807, 2.05) is 13.0 Å². The van der Waals surface area contributed by atoms with Crippen molar-refractivity contribution < 1.29 is 0 Å². The van der Waals surface area contributed by atoms with Gasteiger partial charge in [0.2, 0.25) is 0 Å². The number of rotatable bonds is 4. The first kappa shape index (κ1) is 13.3. The molecule has 0 bridgehead atoms. The molecule has 2 heteroatoms. The zero-order valence-electron chi connectivity index (χ0n) is 11.1. The summed E-state index contributed by atoms with van der Waals surface area (Å²) in [5, 5.41) is 8.95. The number of aromatic nitrogens is 1. The van der Waals surface area contributed by atoms with Crippen LogP contribution in [0.4, 0.5) is 0 Å². The van der Waals surface area contributed by atoms with Gasteiger partial charge in [0.1, 0.15) is 0 Å². The van der Waals surface area contributed by atoms with Crippen molar-refractivity contribution in [2.75, 3.05) is 0 Å². The average Bonchev–Trinajstić information content (AvgIpc) is 2.61. The maximum absolute atomic E-state index is 8.95. The molecule has 0 amide bonds. The zero-order chi connectivity index (χ0) is 12.8. The Morgan fingerprint density at radius 2 is 1.88 bits per heavy atom. The summed E-state index contributed by atoms with van der Waals surface area (Å²) in [5.41, 5.74) is 5.48. The lowest BCUT2D eigenvalue weighted by atomic mass is 10.1. The van der Waals surface area contributed by atoms with Crippen LogP contribution in [-0.4, -0.2) is 4.98 Å². The maximum atomic E-state index is 8.95. The molecule has 1 aromatic heterocycles. The SMILES string of the molecule is CC/C=C\c1[nH]c(/C=C(/C#N)CC)c(C)c1C.